The van der Waals surface area contributed by atoms with Gasteiger partial charge in [-0.3, -0.25) is 9.69 Å². The van der Waals surface area contributed by atoms with Crippen LogP contribution in [0, 0.1) is 0 Å². The molecule has 168 valence electrons. The fourth-order valence-electron chi connectivity index (χ4n) is 2.85. The molecule has 0 aliphatic carbocycles. The van der Waals surface area contributed by atoms with Gasteiger partial charge in [-0.05, 0) is 24.3 Å². The number of ether oxygens (including phenoxy) is 4. The summed E-state index contributed by atoms with van der Waals surface area (Å²) in [7, 11) is 3.86. The summed E-state index contributed by atoms with van der Waals surface area (Å²) in [6, 6.07) is 7.09. The van der Waals surface area contributed by atoms with E-state index in [0.717, 1.165) is 4.90 Å². The van der Waals surface area contributed by atoms with E-state index in [0.29, 0.717) is 11.3 Å². The van der Waals surface area contributed by atoms with E-state index in [9.17, 15) is 19.2 Å². The fraction of sp³-hybridized carbons (Fsp3) is 0.238. The molecular formula is C21H20N2O9. The van der Waals surface area contributed by atoms with Gasteiger partial charge in [-0.1, -0.05) is 12.1 Å². The molecule has 0 spiro atoms. The summed E-state index contributed by atoms with van der Waals surface area (Å²) < 4.78 is 25.2. The molecule has 0 saturated carbocycles. The number of carbonyl (C=O) groups is 4. The lowest BCUT2D eigenvalue weighted by Crippen LogP contribution is -2.30. The van der Waals surface area contributed by atoms with Crippen molar-refractivity contribution in [2.75, 3.05) is 27.9 Å². The van der Waals surface area contributed by atoms with Crippen LogP contribution in [-0.4, -0.2) is 56.7 Å². The number of nitrogens with one attached hydrogen (secondary N) is 1. The van der Waals surface area contributed by atoms with Crippen molar-refractivity contribution < 1.29 is 42.5 Å². The van der Waals surface area contributed by atoms with Gasteiger partial charge in [0.1, 0.15) is 11.5 Å². The second kappa shape index (κ2) is 9.69. The number of hydrogen-bond donors (Lipinski definition) is 1. The minimum atomic E-state index is -0.674. The zero-order valence-electron chi connectivity index (χ0n) is 17.5. The van der Waals surface area contributed by atoms with Crippen LogP contribution in [0.3, 0.4) is 0 Å². The van der Waals surface area contributed by atoms with Crippen LogP contribution in [0.5, 0.6) is 11.5 Å². The molecular weight excluding hydrogens is 424 g/mol. The van der Waals surface area contributed by atoms with Gasteiger partial charge in [0.2, 0.25) is 5.76 Å². The summed E-state index contributed by atoms with van der Waals surface area (Å²) in [6.07, 6.45) is 1.40. The average molecular weight is 444 g/mol. The molecule has 11 nitrogen and oxygen atoms in total. The largest absolute Gasteiger partial charge is 0.493 e. The Labute approximate surface area is 182 Å². The Hall–Kier alpha value is -4.28. The monoisotopic (exact) mass is 444 g/mol. The molecule has 0 bridgehead atoms. The highest BCUT2D eigenvalue weighted by Crippen LogP contribution is 2.33. The van der Waals surface area contributed by atoms with Crippen molar-refractivity contribution in [1.82, 2.24) is 10.2 Å². The number of amides is 3. The van der Waals surface area contributed by atoms with Gasteiger partial charge in [0.25, 0.3) is 5.91 Å². The quantitative estimate of drug-likeness (QED) is 0.367. The molecule has 1 aromatic heterocycles. The predicted octanol–water partition coefficient (Wildman–Crippen LogP) is 1.72. The van der Waals surface area contributed by atoms with E-state index >= 15 is 0 Å². The zero-order chi connectivity index (χ0) is 23.3. The van der Waals surface area contributed by atoms with Gasteiger partial charge >= 0.3 is 18.0 Å². The molecule has 1 saturated heterocycles. The van der Waals surface area contributed by atoms with E-state index in [1.54, 1.807) is 18.2 Å². The molecule has 1 aliphatic heterocycles. The molecule has 1 aliphatic rings. The molecule has 0 radical (unpaired) electrons. The maximum absolute atomic E-state index is 12.8. The molecule has 3 amide bonds. The average Bonchev–Trinajstić information content (AvgIpc) is 3.37. The van der Waals surface area contributed by atoms with Gasteiger partial charge < -0.3 is 28.7 Å². The Morgan fingerprint density at radius 1 is 1.09 bits per heavy atom. The zero-order valence-corrected chi connectivity index (χ0v) is 17.5. The van der Waals surface area contributed by atoms with Gasteiger partial charge in [-0.25, -0.2) is 14.4 Å². The molecule has 2 aromatic rings. The third kappa shape index (κ3) is 4.72. The van der Waals surface area contributed by atoms with E-state index in [-0.39, 0.29) is 36.1 Å². The van der Waals surface area contributed by atoms with Gasteiger partial charge in [0.05, 0.1) is 27.9 Å². The van der Waals surface area contributed by atoms with Crippen LogP contribution in [-0.2, 0) is 25.6 Å². The maximum Gasteiger partial charge on any atom is 0.373 e. The Balaban J connectivity index is 1.83. The fourth-order valence-corrected chi connectivity index (χ4v) is 2.85. The second-order valence-electron chi connectivity index (χ2n) is 6.38. The molecule has 3 rings (SSSR count). The number of carbonyl (C=O) groups excluding carboxylic acids is 4. The summed E-state index contributed by atoms with van der Waals surface area (Å²) >= 11 is 0. The topological polar surface area (TPSA) is 134 Å². The van der Waals surface area contributed by atoms with Crippen LogP contribution < -0.4 is 14.8 Å². The van der Waals surface area contributed by atoms with E-state index in [4.69, 9.17) is 13.9 Å². The Morgan fingerprint density at radius 3 is 2.56 bits per heavy atom. The first-order chi connectivity index (χ1) is 15.4. The lowest BCUT2D eigenvalue weighted by molar-refractivity contribution is -0.143. The van der Waals surface area contributed by atoms with Crippen LogP contribution in [0.25, 0.3) is 6.08 Å². The number of para-hydroxylation sites is 1. The van der Waals surface area contributed by atoms with Crippen LogP contribution in [0.4, 0.5) is 4.79 Å². The number of methoxy groups -OCH3 is 3. The van der Waals surface area contributed by atoms with Crippen LogP contribution in [0.1, 0.15) is 21.9 Å². The number of nitrogens with zero attached hydrogens (tertiary/aromatic N) is 1. The Morgan fingerprint density at radius 2 is 1.88 bits per heavy atom. The lowest BCUT2D eigenvalue weighted by Gasteiger charge is -2.13. The number of urea groups is 1. The Bertz CT molecular complexity index is 1090. The summed E-state index contributed by atoms with van der Waals surface area (Å²) in [4.78, 5) is 49.0. The standard InChI is InChI=1S/C21H20N2O9/c1-28-15-6-4-5-12(18(15)31-11-17(24)29-2)9-14-19(25)23(21(27)22-14)10-13-7-8-16(32-13)20(26)30-3/h4-9H,10-11H2,1-3H3,(H,22,27)/b14-9-. The molecule has 1 fully saturated rings. The molecule has 0 atom stereocenters. The number of hydrogen-bond acceptors (Lipinski definition) is 9. The molecule has 2 heterocycles. The molecule has 32 heavy (non-hydrogen) atoms. The van der Waals surface area contributed by atoms with Gasteiger partial charge in [-0.2, -0.15) is 0 Å². The van der Waals surface area contributed by atoms with Crippen molar-refractivity contribution in [1.29, 1.82) is 0 Å². The first kappa shape index (κ1) is 22.4. The Kier molecular flexibility index (Phi) is 6.78. The van der Waals surface area contributed by atoms with E-state index in [1.165, 1.54) is 39.5 Å². The first-order valence-electron chi connectivity index (χ1n) is 9.26. The van der Waals surface area contributed by atoms with Crippen molar-refractivity contribution in [3.05, 3.63) is 53.1 Å². The van der Waals surface area contributed by atoms with Crippen molar-refractivity contribution >= 4 is 30.0 Å². The lowest BCUT2D eigenvalue weighted by atomic mass is 10.1. The second-order valence-corrected chi connectivity index (χ2v) is 6.38. The van der Waals surface area contributed by atoms with E-state index in [2.05, 4.69) is 14.8 Å². The summed E-state index contributed by atoms with van der Waals surface area (Å²) in [6.45, 7) is -0.566. The van der Waals surface area contributed by atoms with E-state index in [1.807, 2.05) is 0 Å². The van der Waals surface area contributed by atoms with Crippen LogP contribution in [0.15, 0.2) is 40.4 Å². The molecule has 11 heteroatoms. The molecule has 1 N–H and O–H groups in total. The minimum absolute atomic E-state index is 0.0223. The normalized spacial score (nSPS) is 14.3. The van der Waals surface area contributed by atoms with Gasteiger partial charge in [0.15, 0.2) is 18.1 Å². The van der Waals surface area contributed by atoms with Crippen LogP contribution >= 0.6 is 0 Å². The predicted molar refractivity (Wildman–Crippen MR) is 108 cm³/mol. The molecule has 0 unspecified atom stereocenters. The SMILES string of the molecule is COC(=O)COc1c(/C=C2\NC(=O)N(Cc3ccc(C(=O)OC)o3)C2=O)cccc1OC. The van der Waals surface area contributed by atoms with Crippen molar-refractivity contribution in [2.45, 2.75) is 6.54 Å². The van der Waals surface area contributed by atoms with Crippen molar-refractivity contribution in [3.8, 4) is 11.5 Å². The highest BCUT2D eigenvalue weighted by Gasteiger charge is 2.34. The van der Waals surface area contributed by atoms with Gasteiger partial charge in [0, 0.05) is 5.56 Å². The summed E-state index contributed by atoms with van der Waals surface area (Å²) in [5.74, 6) is -1.20. The number of esters is 2. The van der Waals surface area contributed by atoms with Crippen molar-refractivity contribution in [3.63, 3.8) is 0 Å². The van der Waals surface area contributed by atoms with Crippen molar-refractivity contribution in [2.24, 2.45) is 0 Å². The third-order valence-corrected chi connectivity index (χ3v) is 4.42. The summed E-state index contributed by atoms with van der Waals surface area (Å²) in [5.41, 5.74) is 0.371. The van der Waals surface area contributed by atoms with Gasteiger partial charge in [-0.15, -0.1) is 0 Å². The van der Waals surface area contributed by atoms with E-state index < -0.39 is 23.9 Å². The minimum Gasteiger partial charge on any atom is -0.493 e. The first-order valence-corrected chi connectivity index (χ1v) is 9.26. The third-order valence-electron chi connectivity index (χ3n) is 4.42. The maximum atomic E-state index is 12.8. The highest BCUT2D eigenvalue weighted by molar-refractivity contribution is 6.14. The number of rotatable bonds is 8. The number of benzene rings is 1. The smallest absolute Gasteiger partial charge is 0.373 e. The number of imide groups is 1. The summed E-state index contributed by atoms with van der Waals surface area (Å²) in [5, 5.41) is 2.48. The van der Waals surface area contributed by atoms with Crippen LogP contribution in [0.2, 0.25) is 0 Å². The molecule has 1 aromatic carbocycles. The highest BCUT2D eigenvalue weighted by atomic mass is 16.6. The number of furan rings is 1.